The molecule has 0 N–H and O–H groups in total. The summed E-state index contributed by atoms with van der Waals surface area (Å²) in [5, 5.41) is 0.705. The summed E-state index contributed by atoms with van der Waals surface area (Å²) >= 11 is 5.87. The minimum atomic E-state index is 0.0425. The van der Waals surface area contributed by atoms with Crippen LogP contribution in [-0.4, -0.2) is 37.1 Å². The molecule has 0 unspecified atom stereocenters. The zero-order valence-corrected chi connectivity index (χ0v) is 14.8. The quantitative estimate of drug-likeness (QED) is 0.781. The van der Waals surface area contributed by atoms with Crippen molar-refractivity contribution in [2.75, 3.05) is 26.3 Å². The normalized spacial score (nSPS) is 15.0. The number of piperidine rings is 1. The number of ether oxygens (including phenoxy) is 2. The van der Waals surface area contributed by atoms with Gasteiger partial charge in [0.15, 0.2) is 6.61 Å². The fraction of sp³-hybridized carbons (Fsp3) is 0.350. The molecule has 1 saturated heterocycles. The number of rotatable bonds is 6. The van der Waals surface area contributed by atoms with E-state index in [9.17, 15) is 4.79 Å². The van der Waals surface area contributed by atoms with Crippen LogP contribution in [0.3, 0.4) is 0 Å². The van der Waals surface area contributed by atoms with Crippen LogP contribution in [0.15, 0.2) is 54.6 Å². The molecule has 1 fully saturated rings. The van der Waals surface area contributed by atoms with E-state index in [1.54, 1.807) is 0 Å². The van der Waals surface area contributed by atoms with Crippen molar-refractivity contribution in [3.8, 4) is 11.5 Å². The Morgan fingerprint density at radius 2 is 1.60 bits per heavy atom. The van der Waals surface area contributed by atoms with E-state index in [4.69, 9.17) is 21.1 Å². The van der Waals surface area contributed by atoms with E-state index in [2.05, 4.69) is 0 Å². The molecule has 0 saturated carbocycles. The molecule has 1 aliphatic heterocycles. The third-order valence-corrected chi connectivity index (χ3v) is 4.62. The third kappa shape index (κ3) is 5.40. The molecular weight excluding hydrogens is 338 g/mol. The zero-order valence-electron chi connectivity index (χ0n) is 14.1. The van der Waals surface area contributed by atoms with Crippen LogP contribution in [0.5, 0.6) is 11.5 Å². The summed E-state index contributed by atoms with van der Waals surface area (Å²) < 4.78 is 11.4. The number of nitrogens with zero attached hydrogens (tertiary/aromatic N) is 1. The van der Waals surface area contributed by atoms with Gasteiger partial charge in [-0.3, -0.25) is 4.79 Å². The van der Waals surface area contributed by atoms with Crippen LogP contribution >= 0.6 is 11.6 Å². The molecular formula is C20H22ClNO3. The van der Waals surface area contributed by atoms with Crippen LogP contribution in [0.2, 0.25) is 5.02 Å². The molecule has 2 aromatic carbocycles. The number of benzene rings is 2. The van der Waals surface area contributed by atoms with Crippen molar-refractivity contribution in [3.05, 3.63) is 59.6 Å². The summed E-state index contributed by atoms with van der Waals surface area (Å²) in [5.74, 6) is 2.07. The maximum atomic E-state index is 12.2. The largest absolute Gasteiger partial charge is 0.493 e. The smallest absolute Gasteiger partial charge is 0.260 e. The Labute approximate surface area is 153 Å². The van der Waals surface area contributed by atoms with Gasteiger partial charge in [-0.15, -0.1) is 0 Å². The van der Waals surface area contributed by atoms with E-state index in [0.29, 0.717) is 17.5 Å². The molecule has 0 spiro atoms. The maximum Gasteiger partial charge on any atom is 0.260 e. The first-order chi connectivity index (χ1) is 12.2. The Morgan fingerprint density at radius 3 is 2.28 bits per heavy atom. The molecule has 3 rings (SSSR count). The molecule has 1 amide bonds. The summed E-state index contributed by atoms with van der Waals surface area (Å²) in [4.78, 5) is 14.1. The maximum absolute atomic E-state index is 12.2. The van der Waals surface area contributed by atoms with Crippen molar-refractivity contribution >= 4 is 17.5 Å². The summed E-state index contributed by atoms with van der Waals surface area (Å²) in [6, 6.07) is 16.8. The molecule has 2 aromatic rings. The van der Waals surface area contributed by atoms with Gasteiger partial charge >= 0.3 is 0 Å². The second-order valence-corrected chi connectivity index (χ2v) is 6.63. The molecule has 0 aliphatic carbocycles. The van der Waals surface area contributed by atoms with Crippen LogP contribution in [-0.2, 0) is 4.79 Å². The highest BCUT2D eigenvalue weighted by molar-refractivity contribution is 6.30. The summed E-state index contributed by atoms with van der Waals surface area (Å²) in [7, 11) is 0. The predicted octanol–water partition coefficient (Wildman–Crippen LogP) is 4.04. The minimum absolute atomic E-state index is 0.0425. The molecule has 4 nitrogen and oxygen atoms in total. The predicted molar refractivity (Wildman–Crippen MR) is 98.2 cm³/mol. The molecule has 5 heteroatoms. The van der Waals surface area contributed by atoms with Crippen molar-refractivity contribution in [2.45, 2.75) is 12.8 Å². The number of likely N-dealkylation sites (tertiary alicyclic amines) is 1. The van der Waals surface area contributed by atoms with Gasteiger partial charge < -0.3 is 14.4 Å². The lowest BCUT2D eigenvalue weighted by molar-refractivity contribution is -0.134. The van der Waals surface area contributed by atoms with Crippen LogP contribution in [0, 0.1) is 5.92 Å². The van der Waals surface area contributed by atoms with Crippen molar-refractivity contribution < 1.29 is 14.3 Å². The summed E-state index contributed by atoms with van der Waals surface area (Å²) in [6.45, 7) is 2.28. The first-order valence-electron chi connectivity index (χ1n) is 8.55. The molecule has 0 bridgehead atoms. The topological polar surface area (TPSA) is 38.8 Å². The number of hydrogen-bond donors (Lipinski definition) is 0. The van der Waals surface area contributed by atoms with E-state index in [-0.39, 0.29) is 12.5 Å². The Morgan fingerprint density at radius 1 is 0.960 bits per heavy atom. The minimum Gasteiger partial charge on any atom is -0.493 e. The lowest BCUT2D eigenvalue weighted by atomic mass is 9.98. The van der Waals surface area contributed by atoms with Crippen LogP contribution in [0.4, 0.5) is 0 Å². The van der Waals surface area contributed by atoms with Gasteiger partial charge in [0.1, 0.15) is 11.5 Å². The van der Waals surface area contributed by atoms with Gasteiger partial charge in [-0.25, -0.2) is 0 Å². The highest BCUT2D eigenvalue weighted by Gasteiger charge is 2.23. The molecule has 1 heterocycles. The fourth-order valence-electron chi connectivity index (χ4n) is 2.85. The third-order valence-electron chi connectivity index (χ3n) is 4.37. The van der Waals surface area contributed by atoms with Gasteiger partial charge in [-0.1, -0.05) is 29.8 Å². The highest BCUT2D eigenvalue weighted by Crippen LogP contribution is 2.21. The number of amides is 1. The standard InChI is InChI=1S/C20H22ClNO3/c21-17-6-8-19(9-7-17)24-14-16-10-12-22(13-11-16)20(23)15-25-18-4-2-1-3-5-18/h1-9,16H,10-15H2. The second-order valence-electron chi connectivity index (χ2n) is 6.19. The Balaban J connectivity index is 1.37. The molecule has 0 aromatic heterocycles. The number of carbonyl (C=O) groups is 1. The van der Waals surface area contributed by atoms with Gasteiger partial charge in [0.25, 0.3) is 5.91 Å². The highest BCUT2D eigenvalue weighted by atomic mass is 35.5. The van der Waals surface area contributed by atoms with Gasteiger partial charge in [0, 0.05) is 18.1 Å². The van der Waals surface area contributed by atoms with Crippen molar-refractivity contribution in [1.82, 2.24) is 4.90 Å². The van der Waals surface area contributed by atoms with Crippen LogP contribution < -0.4 is 9.47 Å². The second kappa shape index (κ2) is 8.77. The lowest BCUT2D eigenvalue weighted by Crippen LogP contribution is -2.41. The number of carbonyl (C=O) groups excluding carboxylic acids is 1. The molecule has 0 radical (unpaired) electrons. The fourth-order valence-corrected chi connectivity index (χ4v) is 2.97. The molecule has 0 atom stereocenters. The number of halogens is 1. The lowest BCUT2D eigenvalue weighted by Gasteiger charge is -2.31. The van der Waals surface area contributed by atoms with E-state index >= 15 is 0 Å². The monoisotopic (exact) mass is 359 g/mol. The Bertz CT molecular complexity index is 667. The van der Waals surface area contributed by atoms with E-state index < -0.39 is 0 Å². The average Bonchev–Trinajstić information content (AvgIpc) is 2.67. The SMILES string of the molecule is O=C(COc1ccccc1)N1CCC(COc2ccc(Cl)cc2)CC1. The van der Waals surface area contributed by atoms with Crippen molar-refractivity contribution in [3.63, 3.8) is 0 Å². The molecule has 25 heavy (non-hydrogen) atoms. The molecule has 1 aliphatic rings. The van der Waals surface area contributed by atoms with E-state index in [1.807, 2.05) is 59.5 Å². The van der Waals surface area contributed by atoms with Gasteiger partial charge in [0.2, 0.25) is 0 Å². The zero-order chi connectivity index (χ0) is 17.5. The number of hydrogen-bond acceptors (Lipinski definition) is 3. The first kappa shape index (κ1) is 17.6. The average molecular weight is 360 g/mol. The van der Waals surface area contributed by atoms with E-state index in [0.717, 1.165) is 37.4 Å². The van der Waals surface area contributed by atoms with Crippen molar-refractivity contribution in [1.29, 1.82) is 0 Å². The first-order valence-corrected chi connectivity index (χ1v) is 8.92. The summed E-state index contributed by atoms with van der Waals surface area (Å²) in [5.41, 5.74) is 0. The van der Waals surface area contributed by atoms with Gasteiger partial charge in [-0.2, -0.15) is 0 Å². The Kier molecular flexibility index (Phi) is 6.18. The van der Waals surface area contributed by atoms with Crippen LogP contribution in [0.25, 0.3) is 0 Å². The van der Waals surface area contributed by atoms with Crippen LogP contribution in [0.1, 0.15) is 12.8 Å². The van der Waals surface area contributed by atoms with Gasteiger partial charge in [-0.05, 0) is 55.2 Å². The van der Waals surface area contributed by atoms with Crippen molar-refractivity contribution in [2.24, 2.45) is 5.92 Å². The number of para-hydroxylation sites is 1. The Hall–Kier alpha value is -2.20. The van der Waals surface area contributed by atoms with E-state index in [1.165, 1.54) is 0 Å². The summed E-state index contributed by atoms with van der Waals surface area (Å²) in [6.07, 6.45) is 1.90. The van der Waals surface area contributed by atoms with Gasteiger partial charge in [0.05, 0.1) is 6.61 Å². The molecule has 132 valence electrons.